The third-order valence-electron chi connectivity index (χ3n) is 7.45. The van der Waals surface area contributed by atoms with Gasteiger partial charge in [0.15, 0.2) is 0 Å². The molecule has 0 bridgehead atoms. The zero-order valence-electron chi connectivity index (χ0n) is 19.2. The molecule has 0 spiro atoms. The van der Waals surface area contributed by atoms with E-state index in [2.05, 4.69) is 27.7 Å². The Bertz CT molecular complexity index is 829. The quantitative estimate of drug-likeness (QED) is 0.632. The number of carbonyl (C=O) groups excluding carboxylic acids is 3. The normalized spacial score (nSPS) is 23.4. The number of carbonyl (C=O) groups is 3. The van der Waals surface area contributed by atoms with Crippen molar-refractivity contribution >= 4 is 23.4 Å². The lowest BCUT2D eigenvalue weighted by molar-refractivity contribution is -0.143. The van der Waals surface area contributed by atoms with Crippen LogP contribution in [0.1, 0.15) is 61.3 Å². The van der Waals surface area contributed by atoms with Crippen LogP contribution in [-0.2, 0) is 14.4 Å². The molecule has 1 aromatic rings. The highest BCUT2D eigenvalue weighted by Crippen LogP contribution is 2.69. The molecule has 164 valence electrons. The zero-order valence-corrected chi connectivity index (χ0v) is 19.2. The largest absolute Gasteiger partial charge is 0.494 e. The molecule has 2 aliphatic rings. The standard InChI is InChI=1S/C24H34N2O4/c1-8-15(3)25(22(29)20-23(4,5)24(20,6)7)18-14-19(27)26(21(18)28)16-10-12-17(13-11-16)30-9-2/h10-13,15,18,20H,8-9,14H2,1-7H3. The van der Waals surface area contributed by atoms with Crippen molar-refractivity contribution in [2.24, 2.45) is 16.7 Å². The first-order valence-corrected chi connectivity index (χ1v) is 10.9. The predicted molar refractivity (Wildman–Crippen MR) is 116 cm³/mol. The third kappa shape index (κ3) is 3.40. The predicted octanol–water partition coefficient (Wildman–Crippen LogP) is 4.03. The second-order valence-electron chi connectivity index (χ2n) is 9.59. The summed E-state index contributed by atoms with van der Waals surface area (Å²) in [6.07, 6.45) is 0.746. The first-order chi connectivity index (χ1) is 14.0. The number of ether oxygens (including phenoxy) is 1. The highest BCUT2D eigenvalue weighted by atomic mass is 16.5. The maximum absolute atomic E-state index is 13.6. The number of hydrogen-bond acceptors (Lipinski definition) is 4. The Morgan fingerprint density at radius 3 is 2.17 bits per heavy atom. The van der Waals surface area contributed by atoms with Crippen LogP contribution in [-0.4, -0.2) is 41.3 Å². The van der Waals surface area contributed by atoms with Crippen LogP contribution >= 0.6 is 0 Å². The molecule has 6 nitrogen and oxygen atoms in total. The van der Waals surface area contributed by atoms with Crippen LogP contribution in [0.15, 0.2) is 24.3 Å². The summed E-state index contributed by atoms with van der Waals surface area (Å²) in [7, 11) is 0. The van der Waals surface area contributed by atoms with Crippen molar-refractivity contribution in [2.75, 3.05) is 11.5 Å². The summed E-state index contributed by atoms with van der Waals surface area (Å²) in [4.78, 5) is 42.6. The van der Waals surface area contributed by atoms with Gasteiger partial charge < -0.3 is 9.64 Å². The molecule has 1 saturated heterocycles. The minimum Gasteiger partial charge on any atom is -0.494 e. The Morgan fingerprint density at radius 1 is 1.13 bits per heavy atom. The molecule has 3 amide bonds. The van der Waals surface area contributed by atoms with E-state index in [1.54, 1.807) is 29.2 Å². The molecule has 2 fully saturated rings. The molecule has 0 N–H and O–H groups in total. The molecule has 1 heterocycles. The van der Waals surface area contributed by atoms with Gasteiger partial charge in [-0.2, -0.15) is 0 Å². The summed E-state index contributed by atoms with van der Waals surface area (Å²) >= 11 is 0. The van der Waals surface area contributed by atoms with E-state index in [0.29, 0.717) is 18.0 Å². The molecule has 2 unspecified atom stereocenters. The van der Waals surface area contributed by atoms with E-state index in [4.69, 9.17) is 4.74 Å². The smallest absolute Gasteiger partial charge is 0.257 e. The Kier molecular flexibility index (Phi) is 5.74. The molecule has 1 aliphatic carbocycles. The van der Waals surface area contributed by atoms with Gasteiger partial charge in [-0.05, 0) is 55.4 Å². The lowest BCUT2D eigenvalue weighted by Crippen LogP contribution is -2.51. The molecule has 1 aromatic carbocycles. The summed E-state index contributed by atoms with van der Waals surface area (Å²) in [5.41, 5.74) is 0.256. The van der Waals surface area contributed by atoms with Gasteiger partial charge in [-0.25, -0.2) is 4.90 Å². The SMILES string of the molecule is CCOc1ccc(N2C(=O)CC(N(C(=O)C3C(C)(C)C3(C)C)C(C)CC)C2=O)cc1. The Morgan fingerprint density at radius 2 is 1.70 bits per heavy atom. The Balaban J connectivity index is 1.88. The van der Waals surface area contributed by atoms with Gasteiger partial charge in [0.25, 0.3) is 5.91 Å². The Labute approximate surface area is 179 Å². The maximum atomic E-state index is 13.6. The van der Waals surface area contributed by atoms with E-state index in [1.165, 1.54) is 4.90 Å². The van der Waals surface area contributed by atoms with Gasteiger partial charge in [0, 0.05) is 12.0 Å². The number of rotatable bonds is 7. The lowest BCUT2D eigenvalue weighted by Gasteiger charge is -2.33. The zero-order chi connectivity index (χ0) is 22.4. The van der Waals surface area contributed by atoms with Gasteiger partial charge in [-0.1, -0.05) is 34.6 Å². The third-order valence-corrected chi connectivity index (χ3v) is 7.45. The summed E-state index contributed by atoms with van der Waals surface area (Å²) in [5.74, 6) is -0.0781. The van der Waals surface area contributed by atoms with Crippen LogP contribution in [0.2, 0.25) is 0 Å². The summed E-state index contributed by atoms with van der Waals surface area (Å²) in [6, 6.07) is 6.06. The van der Waals surface area contributed by atoms with Crippen molar-refractivity contribution in [3.05, 3.63) is 24.3 Å². The lowest BCUT2D eigenvalue weighted by atomic mass is 10.0. The topological polar surface area (TPSA) is 66.9 Å². The van der Waals surface area contributed by atoms with Gasteiger partial charge in [0.05, 0.1) is 18.7 Å². The number of anilines is 1. The van der Waals surface area contributed by atoms with E-state index in [-0.39, 0.29) is 46.9 Å². The monoisotopic (exact) mass is 414 g/mol. The molecular weight excluding hydrogens is 380 g/mol. The average Bonchev–Trinajstić information content (AvgIpc) is 2.92. The van der Waals surface area contributed by atoms with E-state index in [9.17, 15) is 14.4 Å². The highest BCUT2D eigenvalue weighted by molar-refractivity contribution is 6.23. The number of imide groups is 1. The molecule has 30 heavy (non-hydrogen) atoms. The van der Waals surface area contributed by atoms with Gasteiger partial charge >= 0.3 is 0 Å². The van der Waals surface area contributed by atoms with E-state index < -0.39 is 6.04 Å². The molecule has 2 atom stereocenters. The van der Waals surface area contributed by atoms with Crippen molar-refractivity contribution in [1.82, 2.24) is 4.90 Å². The second-order valence-corrected chi connectivity index (χ2v) is 9.59. The molecule has 0 aromatic heterocycles. The van der Waals surface area contributed by atoms with Crippen molar-refractivity contribution in [1.29, 1.82) is 0 Å². The minimum atomic E-state index is -0.751. The number of benzene rings is 1. The van der Waals surface area contributed by atoms with Crippen LogP contribution in [0, 0.1) is 16.7 Å². The van der Waals surface area contributed by atoms with E-state index in [1.807, 2.05) is 20.8 Å². The summed E-state index contributed by atoms with van der Waals surface area (Å²) in [5, 5.41) is 0. The number of hydrogen-bond donors (Lipinski definition) is 0. The van der Waals surface area contributed by atoms with E-state index >= 15 is 0 Å². The number of amides is 3. The van der Waals surface area contributed by atoms with Crippen LogP contribution in [0.5, 0.6) is 5.75 Å². The molecular formula is C24H34N2O4. The van der Waals surface area contributed by atoms with Gasteiger partial charge in [0.1, 0.15) is 11.8 Å². The van der Waals surface area contributed by atoms with Crippen LogP contribution < -0.4 is 9.64 Å². The first kappa shape index (κ1) is 22.3. The fraction of sp³-hybridized carbons (Fsp3) is 0.625. The van der Waals surface area contributed by atoms with Crippen molar-refractivity contribution in [3.8, 4) is 5.75 Å². The van der Waals surface area contributed by atoms with Crippen LogP contribution in [0.4, 0.5) is 5.69 Å². The molecule has 3 rings (SSSR count). The first-order valence-electron chi connectivity index (χ1n) is 10.9. The molecule has 0 radical (unpaired) electrons. The summed E-state index contributed by atoms with van der Waals surface area (Å²) in [6.45, 7) is 14.8. The van der Waals surface area contributed by atoms with Crippen LogP contribution in [0.3, 0.4) is 0 Å². The van der Waals surface area contributed by atoms with Crippen molar-refractivity contribution < 1.29 is 19.1 Å². The molecule has 1 aliphatic heterocycles. The minimum absolute atomic E-state index is 0.0148. The van der Waals surface area contributed by atoms with Gasteiger partial charge in [-0.15, -0.1) is 0 Å². The Hall–Kier alpha value is -2.37. The molecule has 6 heteroatoms. The van der Waals surface area contributed by atoms with Crippen LogP contribution in [0.25, 0.3) is 0 Å². The fourth-order valence-corrected chi connectivity index (χ4v) is 4.80. The van der Waals surface area contributed by atoms with Crippen molar-refractivity contribution in [3.63, 3.8) is 0 Å². The van der Waals surface area contributed by atoms with Crippen molar-refractivity contribution in [2.45, 2.75) is 73.4 Å². The summed E-state index contributed by atoms with van der Waals surface area (Å²) < 4.78 is 5.44. The highest BCUT2D eigenvalue weighted by Gasteiger charge is 2.69. The van der Waals surface area contributed by atoms with Gasteiger partial charge in [-0.3, -0.25) is 14.4 Å². The fourth-order valence-electron chi connectivity index (χ4n) is 4.80. The van der Waals surface area contributed by atoms with Gasteiger partial charge in [0.2, 0.25) is 11.8 Å². The van der Waals surface area contributed by atoms with E-state index in [0.717, 1.165) is 6.42 Å². The average molecular weight is 415 g/mol. The maximum Gasteiger partial charge on any atom is 0.257 e. The second kappa shape index (κ2) is 7.71. The number of nitrogens with zero attached hydrogens (tertiary/aromatic N) is 2. The molecule has 1 saturated carbocycles.